The van der Waals surface area contributed by atoms with Crippen molar-refractivity contribution in [3.8, 4) is 39.3 Å². The molecule has 0 bridgehead atoms. The third kappa shape index (κ3) is 6.28. The molecule has 0 N–H and O–H groups in total. The van der Waals surface area contributed by atoms with E-state index in [2.05, 4.69) is 174 Å². The predicted octanol–water partition coefficient (Wildman–Crippen LogP) is 15.2. The molecule has 6 aromatic carbocycles. The van der Waals surface area contributed by atoms with Crippen LogP contribution in [0.25, 0.3) is 72.3 Å². The molecule has 276 valence electrons. The van der Waals surface area contributed by atoms with Gasteiger partial charge in [0.25, 0.3) is 0 Å². The third-order valence-electron chi connectivity index (χ3n) is 12.2. The Kier molecular flexibility index (Phi) is 8.50. The molecule has 0 atom stereocenters. The molecular formula is C52H52N2O. The average Bonchev–Trinajstić information content (AvgIpc) is 3.78. The molecule has 1 aliphatic carbocycles. The van der Waals surface area contributed by atoms with Gasteiger partial charge in [-0.1, -0.05) is 120 Å². The number of aryl methyl sites for hydroxylation is 1. The minimum absolute atomic E-state index is 0.249. The fourth-order valence-corrected chi connectivity index (χ4v) is 8.87. The number of hydrogen-bond donors (Lipinski definition) is 0. The van der Waals surface area contributed by atoms with Crippen LogP contribution in [0, 0.1) is 12.3 Å². The number of para-hydroxylation sites is 2. The summed E-state index contributed by atoms with van der Waals surface area (Å²) in [4.78, 5) is 5.41. The van der Waals surface area contributed by atoms with Crippen LogP contribution in [0.5, 0.6) is 0 Å². The van der Waals surface area contributed by atoms with E-state index in [9.17, 15) is 1.37 Å². The molecule has 1 saturated carbocycles. The van der Waals surface area contributed by atoms with Crippen molar-refractivity contribution < 1.29 is 5.79 Å². The van der Waals surface area contributed by atoms with Gasteiger partial charge in [-0.15, -0.1) is 0 Å². The summed E-state index contributed by atoms with van der Waals surface area (Å²) in [5.74, 6) is 0.877. The Morgan fingerprint density at radius 2 is 1.35 bits per heavy atom. The van der Waals surface area contributed by atoms with Gasteiger partial charge in [-0.25, -0.2) is 4.98 Å². The minimum Gasteiger partial charge on any atom is -0.455 e. The van der Waals surface area contributed by atoms with Crippen LogP contribution in [0.2, 0.25) is 0 Å². The van der Waals surface area contributed by atoms with E-state index in [0.717, 1.165) is 81.2 Å². The molecule has 0 radical (unpaired) electrons. The van der Waals surface area contributed by atoms with Crippen LogP contribution < -0.4 is 0 Å². The Balaban J connectivity index is 1.22. The van der Waals surface area contributed by atoms with Crippen molar-refractivity contribution in [1.82, 2.24) is 9.55 Å². The predicted molar refractivity (Wildman–Crippen MR) is 233 cm³/mol. The molecule has 1 fully saturated rings. The highest BCUT2D eigenvalue weighted by molar-refractivity contribution is 6.12. The zero-order valence-corrected chi connectivity index (χ0v) is 33.3. The lowest BCUT2D eigenvalue weighted by Crippen LogP contribution is -2.20. The number of furan rings is 1. The monoisotopic (exact) mass is 721 g/mol. The molecule has 9 rings (SSSR count). The van der Waals surface area contributed by atoms with Gasteiger partial charge in [-0.3, -0.25) is 4.57 Å². The standard InChI is InChI=1S/C52H52N2O/c1-32(2)43-29-40(37-20-18-36(19-21-37)38-25-27-52(6,7)28-26-38)30-44(33(3)4)49(43)54-46-16-12-11-15-45(46)53-51(54)42-23-17-34(5)48-41-24-22-39(31-47(41)55-50(42)48)35-13-9-8-10-14-35/h8-24,29-33,38H,25-28H2,1-7H3/i38D. The van der Waals surface area contributed by atoms with Crippen LogP contribution in [0.4, 0.5) is 0 Å². The van der Waals surface area contributed by atoms with Crippen molar-refractivity contribution in [2.24, 2.45) is 5.41 Å². The van der Waals surface area contributed by atoms with Gasteiger partial charge in [0.15, 0.2) is 0 Å². The van der Waals surface area contributed by atoms with Crippen molar-refractivity contribution in [1.29, 1.82) is 0 Å². The molecule has 2 heterocycles. The van der Waals surface area contributed by atoms with E-state index in [0.29, 0.717) is 5.41 Å². The van der Waals surface area contributed by atoms with Crippen LogP contribution in [0.3, 0.4) is 0 Å². The minimum atomic E-state index is -0.506. The van der Waals surface area contributed by atoms with E-state index < -0.39 is 5.89 Å². The summed E-state index contributed by atoms with van der Waals surface area (Å²) in [5, 5.41) is 2.25. The Bertz CT molecular complexity index is 2710. The van der Waals surface area contributed by atoms with Crippen molar-refractivity contribution in [3.63, 3.8) is 0 Å². The fraction of sp³-hybridized carbons (Fsp3) is 0.288. The highest BCUT2D eigenvalue weighted by Gasteiger charge is 2.29. The van der Waals surface area contributed by atoms with E-state index in [4.69, 9.17) is 9.40 Å². The second-order valence-electron chi connectivity index (χ2n) is 17.2. The SMILES string of the molecule is [2H]C1(c2ccc(-c3cc(C(C)C)c(-n4c(-c5ccc(C)c6c5oc5cc(-c7ccccc7)ccc56)nc5ccccc54)c(C(C)C)c3)cc2)CCC(C)(C)CC1. The summed E-state index contributed by atoms with van der Waals surface area (Å²) in [6.07, 6.45) is 4.03. The largest absolute Gasteiger partial charge is 0.455 e. The molecule has 0 unspecified atom stereocenters. The zero-order valence-electron chi connectivity index (χ0n) is 34.3. The summed E-state index contributed by atoms with van der Waals surface area (Å²) in [6.45, 7) is 16.1. The molecule has 1 aliphatic rings. The van der Waals surface area contributed by atoms with Gasteiger partial charge in [0, 0.05) is 12.1 Å². The van der Waals surface area contributed by atoms with E-state index in [1.54, 1.807) is 0 Å². The van der Waals surface area contributed by atoms with E-state index in [-0.39, 0.29) is 11.8 Å². The Hall–Kier alpha value is -5.41. The number of aromatic nitrogens is 2. The first-order valence-corrected chi connectivity index (χ1v) is 20.2. The average molecular weight is 722 g/mol. The van der Waals surface area contributed by atoms with Crippen molar-refractivity contribution >= 4 is 33.0 Å². The normalized spacial score (nSPS) is 15.8. The van der Waals surface area contributed by atoms with E-state index in [1.807, 2.05) is 0 Å². The Morgan fingerprint density at radius 1 is 0.709 bits per heavy atom. The van der Waals surface area contributed by atoms with E-state index in [1.165, 1.54) is 39.1 Å². The third-order valence-corrected chi connectivity index (χ3v) is 12.2. The summed E-state index contributed by atoms with van der Waals surface area (Å²) in [7, 11) is 0. The van der Waals surface area contributed by atoms with Crippen LogP contribution in [0.15, 0.2) is 126 Å². The second kappa shape index (κ2) is 13.7. The van der Waals surface area contributed by atoms with Gasteiger partial charge in [0.2, 0.25) is 0 Å². The maximum absolute atomic E-state index is 9.38. The molecule has 3 nitrogen and oxygen atoms in total. The van der Waals surface area contributed by atoms with Crippen molar-refractivity contribution in [2.45, 2.75) is 91.9 Å². The number of rotatable bonds is 7. The maximum atomic E-state index is 9.38. The lowest BCUT2D eigenvalue weighted by molar-refractivity contribution is 0.224. The van der Waals surface area contributed by atoms with Crippen LogP contribution in [-0.2, 0) is 0 Å². The quantitative estimate of drug-likeness (QED) is 0.164. The van der Waals surface area contributed by atoms with Gasteiger partial charge >= 0.3 is 0 Å². The number of imidazole rings is 1. The van der Waals surface area contributed by atoms with Gasteiger partial charge < -0.3 is 4.42 Å². The number of nitrogens with zero attached hydrogens (tertiary/aromatic N) is 2. The molecule has 8 aromatic rings. The molecule has 0 saturated heterocycles. The summed E-state index contributed by atoms with van der Waals surface area (Å²) in [6, 6.07) is 43.8. The zero-order chi connectivity index (χ0) is 38.9. The van der Waals surface area contributed by atoms with E-state index >= 15 is 0 Å². The Morgan fingerprint density at radius 3 is 2.04 bits per heavy atom. The van der Waals surface area contributed by atoms with Gasteiger partial charge in [0.05, 0.1) is 22.3 Å². The smallest absolute Gasteiger partial charge is 0.149 e. The lowest BCUT2D eigenvalue weighted by Gasteiger charge is -2.34. The highest BCUT2D eigenvalue weighted by atomic mass is 16.3. The second-order valence-corrected chi connectivity index (χ2v) is 17.2. The maximum Gasteiger partial charge on any atom is 0.149 e. The highest BCUT2D eigenvalue weighted by Crippen LogP contribution is 2.45. The molecule has 3 heteroatoms. The molecular weight excluding hydrogens is 669 g/mol. The molecule has 0 spiro atoms. The first-order chi connectivity index (χ1) is 26.9. The first kappa shape index (κ1) is 34.1. The molecule has 0 aliphatic heterocycles. The Labute approximate surface area is 327 Å². The van der Waals surface area contributed by atoms with Crippen LogP contribution >= 0.6 is 0 Å². The molecule has 0 amide bonds. The molecule has 55 heavy (non-hydrogen) atoms. The van der Waals surface area contributed by atoms with Crippen molar-refractivity contribution in [2.75, 3.05) is 0 Å². The summed E-state index contributed by atoms with van der Waals surface area (Å²) >= 11 is 0. The molecule has 2 aromatic heterocycles. The van der Waals surface area contributed by atoms with Crippen molar-refractivity contribution in [3.05, 3.63) is 144 Å². The number of fused-ring (bicyclic) bond motifs is 4. The first-order valence-electron chi connectivity index (χ1n) is 20.7. The summed E-state index contributed by atoms with van der Waals surface area (Å²) < 4.78 is 18.7. The topological polar surface area (TPSA) is 31.0 Å². The van der Waals surface area contributed by atoms with Gasteiger partial charge in [-0.05, 0) is 143 Å². The van der Waals surface area contributed by atoms with Gasteiger partial charge in [-0.2, -0.15) is 0 Å². The summed E-state index contributed by atoms with van der Waals surface area (Å²) in [5.41, 5.74) is 15.9. The number of hydrogen-bond acceptors (Lipinski definition) is 2. The van der Waals surface area contributed by atoms with Crippen LogP contribution in [-0.4, -0.2) is 9.55 Å². The fourth-order valence-electron chi connectivity index (χ4n) is 8.87. The lowest BCUT2D eigenvalue weighted by atomic mass is 9.71. The number of benzene rings is 6. The van der Waals surface area contributed by atoms with Crippen LogP contribution in [0.1, 0.15) is 109 Å². The van der Waals surface area contributed by atoms with Gasteiger partial charge in [0.1, 0.15) is 17.0 Å².